The van der Waals surface area contributed by atoms with Crippen molar-refractivity contribution in [3.63, 3.8) is 0 Å². The van der Waals surface area contributed by atoms with Gasteiger partial charge in [-0.15, -0.1) is 11.3 Å². The van der Waals surface area contributed by atoms with Crippen LogP contribution in [0.5, 0.6) is 0 Å². The van der Waals surface area contributed by atoms with E-state index in [1.807, 2.05) is 0 Å². The van der Waals surface area contributed by atoms with Gasteiger partial charge in [-0.25, -0.2) is 9.59 Å². The van der Waals surface area contributed by atoms with Crippen LogP contribution in [0.3, 0.4) is 0 Å². The fourth-order valence-electron chi connectivity index (χ4n) is 1.23. The van der Waals surface area contributed by atoms with Gasteiger partial charge in [0.2, 0.25) is 0 Å². The van der Waals surface area contributed by atoms with Crippen molar-refractivity contribution in [2.45, 2.75) is 6.42 Å². The second-order valence-corrected chi connectivity index (χ2v) is 4.57. The smallest absolute Gasteiger partial charge is 0.350 e. The molecular formula is C11H14N2O5S. The number of carboxylic acids is 1. The van der Waals surface area contributed by atoms with Crippen molar-refractivity contribution in [1.29, 1.82) is 0 Å². The van der Waals surface area contributed by atoms with Crippen molar-refractivity contribution in [3.8, 4) is 0 Å². The van der Waals surface area contributed by atoms with Gasteiger partial charge in [-0.1, -0.05) is 0 Å². The number of ether oxygens (including phenoxy) is 1. The number of hydrogen-bond acceptors (Lipinski definition) is 5. The van der Waals surface area contributed by atoms with E-state index in [1.54, 1.807) is 11.4 Å². The van der Waals surface area contributed by atoms with Gasteiger partial charge in [0.15, 0.2) is 0 Å². The molecule has 7 nitrogen and oxygen atoms in total. The van der Waals surface area contributed by atoms with E-state index in [4.69, 9.17) is 5.11 Å². The summed E-state index contributed by atoms with van der Waals surface area (Å²) < 4.78 is 4.59. The number of carbonyl (C=O) groups is 3. The number of aliphatic carboxylic acids is 1. The third-order valence-corrected chi connectivity index (χ3v) is 3.18. The molecule has 0 spiro atoms. The van der Waals surface area contributed by atoms with E-state index in [2.05, 4.69) is 10.1 Å². The van der Waals surface area contributed by atoms with Gasteiger partial charge in [0, 0.05) is 13.6 Å². The molecule has 0 aromatic carbocycles. The number of esters is 1. The van der Waals surface area contributed by atoms with E-state index in [9.17, 15) is 14.4 Å². The van der Waals surface area contributed by atoms with Crippen LogP contribution in [0.2, 0.25) is 0 Å². The third-order valence-electron chi connectivity index (χ3n) is 2.29. The highest BCUT2D eigenvalue weighted by atomic mass is 32.1. The summed E-state index contributed by atoms with van der Waals surface area (Å²) in [5, 5.41) is 12.7. The SMILES string of the molecule is COC(=O)c1sccc1NC(=O)N(C)CCC(=O)O. The molecule has 8 heteroatoms. The van der Waals surface area contributed by atoms with Gasteiger partial charge in [-0.2, -0.15) is 0 Å². The van der Waals surface area contributed by atoms with E-state index in [0.717, 1.165) is 11.3 Å². The topological polar surface area (TPSA) is 95.9 Å². The van der Waals surface area contributed by atoms with Crippen LogP contribution in [0.4, 0.5) is 10.5 Å². The number of hydrogen-bond donors (Lipinski definition) is 2. The molecule has 19 heavy (non-hydrogen) atoms. The van der Waals surface area contributed by atoms with Crippen LogP contribution < -0.4 is 5.32 Å². The maximum Gasteiger partial charge on any atom is 0.350 e. The van der Waals surface area contributed by atoms with E-state index >= 15 is 0 Å². The van der Waals surface area contributed by atoms with Gasteiger partial charge in [0.25, 0.3) is 0 Å². The van der Waals surface area contributed by atoms with Gasteiger partial charge in [0.05, 0.1) is 19.2 Å². The highest BCUT2D eigenvalue weighted by Crippen LogP contribution is 2.23. The Labute approximate surface area is 113 Å². The van der Waals surface area contributed by atoms with Gasteiger partial charge >= 0.3 is 18.0 Å². The average Bonchev–Trinajstić information content (AvgIpc) is 2.82. The Bertz CT molecular complexity index is 485. The zero-order valence-corrected chi connectivity index (χ0v) is 11.3. The normalized spacial score (nSPS) is 9.79. The van der Waals surface area contributed by atoms with Crippen molar-refractivity contribution in [1.82, 2.24) is 4.90 Å². The average molecular weight is 286 g/mol. The number of methoxy groups -OCH3 is 1. The first-order valence-corrected chi connectivity index (χ1v) is 6.23. The predicted octanol–water partition coefficient (Wildman–Crippen LogP) is 1.47. The Balaban J connectivity index is 2.64. The zero-order chi connectivity index (χ0) is 14.4. The minimum Gasteiger partial charge on any atom is -0.481 e. The van der Waals surface area contributed by atoms with Crippen LogP contribution in [-0.2, 0) is 9.53 Å². The molecule has 0 unspecified atom stereocenters. The molecule has 1 rings (SSSR count). The molecule has 0 atom stereocenters. The van der Waals surface area contributed by atoms with Gasteiger partial charge in [-0.05, 0) is 11.4 Å². The third kappa shape index (κ3) is 4.25. The van der Waals surface area contributed by atoms with Crippen molar-refractivity contribution in [3.05, 3.63) is 16.3 Å². The Morgan fingerprint density at radius 1 is 1.47 bits per heavy atom. The maximum atomic E-state index is 11.8. The standard InChI is InChI=1S/C11H14N2O5S/c1-13(5-3-8(14)15)11(17)12-7-4-6-19-9(7)10(16)18-2/h4,6H,3,5H2,1-2H3,(H,12,17)(H,14,15). The van der Waals surface area contributed by atoms with E-state index in [0.29, 0.717) is 10.6 Å². The fourth-order valence-corrected chi connectivity index (χ4v) is 2.00. The molecular weight excluding hydrogens is 272 g/mol. The Kier molecular flexibility index (Phi) is 5.31. The summed E-state index contributed by atoms with van der Waals surface area (Å²) in [4.78, 5) is 35.1. The molecule has 0 fully saturated rings. The number of urea groups is 1. The lowest BCUT2D eigenvalue weighted by atomic mass is 10.4. The molecule has 0 aliphatic rings. The monoisotopic (exact) mass is 286 g/mol. The number of nitrogens with zero attached hydrogens (tertiary/aromatic N) is 1. The van der Waals surface area contributed by atoms with Crippen molar-refractivity contribution in [2.75, 3.05) is 26.0 Å². The molecule has 0 saturated carbocycles. The number of carboxylic acid groups (broad SMARTS) is 1. The lowest BCUT2D eigenvalue weighted by Gasteiger charge is -2.16. The number of rotatable bonds is 5. The predicted molar refractivity (Wildman–Crippen MR) is 69.6 cm³/mol. The number of nitrogens with one attached hydrogen (secondary N) is 1. The van der Waals surface area contributed by atoms with Crippen molar-refractivity contribution < 1.29 is 24.2 Å². The molecule has 1 aromatic rings. The number of thiophene rings is 1. The second-order valence-electron chi connectivity index (χ2n) is 3.65. The second kappa shape index (κ2) is 6.74. The van der Waals surface area contributed by atoms with Crippen LogP contribution in [-0.4, -0.2) is 48.7 Å². The zero-order valence-electron chi connectivity index (χ0n) is 10.5. The quantitative estimate of drug-likeness (QED) is 0.799. The molecule has 0 saturated heterocycles. The summed E-state index contributed by atoms with van der Waals surface area (Å²) >= 11 is 1.15. The van der Waals surface area contributed by atoms with Crippen LogP contribution in [0.25, 0.3) is 0 Å². The number of amides is 2. The molecule has 0 aliphatic carbocycles. The minimum absolute atomic E-state index is 0.0822. The largest absolute Gasteiger partial charge is 0.481 e. The summed E-state index contributed by atoms with van der Waals surface area (Å²) in [6, 6.07) is 1.10. The van der Waals surface area contributed by atoms with Crippen LogP contribution in [0.1, 0.15) is 16.1 Å². The minimum atomic E-state index is -0.981. The maximum absolute atomic E-state index is 11.8. The van der Waals surface area contributed by atoms with Crippen LogP contribution in [0.15, 0.2) is 11.4 Å². The highest BCUT2D eigenvalue weighted by molar-refractivity contribution is 7.12. The summed E-state index contributed by atoms with van der Waals surface area (Å²) in [6.07, 6.45) is -0.141. The molecule has 0 aliphatic heterocycles. The molecule has 104 valence electrons. The lowest BCUT2D eigenvalue weighted by molar-refractivity contribution is -0.137. The summed E-state index contributed by atoms with van der Waals surface area (Å²) in [6.45, 7) is 0.0822. The van der Waals surface area contributed by atoms with Gasteiger partial charge < -0.3 is 20.1 Å². The van der Waals surface area contributed by atoms with E-state index in [-0.39, 0.29) is 13.0 Å². The van der Waals surface area contributed by atoms with E-state index in [1.165, 1.54) is 19.1 Å². The molecule has 2 N–H and O–H groups in total. The van der Waals surface area contributed by atoms with Crippen LogP contribution in [0, 0.1) is 0 Å². The summed E-state index contributed by atoms with van der Waals surface area (Å²) in [5.41, 5.74) is 0.351. The molecule has 0 bridgehead atoms. The van der Waals surface area contributed by atoms with Crippen molar-refractivity contribution >= 4 is 35.0 Å². The summed E-state index contributed by atoms with van der Waals surface area (Å²) in [5.74, 6) is -1.51. The van der Waals surface area contributed by atoms with Crippen molar-refractivity contribution in [2.24, 2.45) is 0 Å². The Morgan fingerprint density at radius 2 is 2.16 bits per heavy atom. The molecule has 0 radical (unpaired) electrons. The van der Waals surface area contributed by atoms with Crippen LogP contribution >= 0.6 is 11.3 Å². The van der Waals surface area contributed by atoms with Gasteiger partial charge in [-0.3, -0.25) is 4.79 Å². The lowest BCUT2D eigenvalue weighted by Crippen LogP contribution is -2.33. The van der Waals surface area contributed by atoms with Gasteiger partial charge in [0.1, 0.15) is 4.88 Å². The Hall–Kier alpha value is -2.09. The summed E-state index contributed by atoms with van der Waals surface area (Å²) in [7, 11) is 2.73. The van der Waals surface area contributed by atoms with E-state index < -0.39 is 18.0 Å². The molecule has 2 amide bonds. The fraction of sp³-hybridized carbons (Fsp3) is 0.364. The highest BCUT2D eigenvalue weighted by Gasteiger charge is 2.17. The molecule has 1 aromatic heterocycles. The first-order valence-electron chi connectivity index (χ1n) is 5.35. The number of carbonyl (C=O) groups excluding carboxylic acids is 2. The molecule has 1 heterocycles. The Morgan fingerprint density at radius 3 is 2.74 bits per heavy atom. The number of anilines is 1. The first kappa shape index (κ1) is 15.0. The first-order chi connectivity index (χ1) is 8.95.